The van der Waals surface area contributed by atoms with E-state index < -0.39 is 11.7 Å². The van der Waals surface area contributed by atoms with Gasteiger partial charge in [0.25, 0.3) is 5.91 Å². The largest absolute Gasteiger partial charge is 0.416 e. The molecule has 3 saturated heterocycles. The molecule has 3 fully saturated rings. The highest BCUT2D eigenvalue weighted by molar-refractivity contribution is 8.13. The Kier molecular flexibility index (Phi) is 5.64. The van der Waals surface area contributed by atoms with Crippen LogP contribution in [-0.2, 0) is 11.0 Å². The van der Waals surface area contributed by atoms with Crippen LogP contribution in [0, 0.1) is 6.92 Å². The molecule has 2 unspecified atom stereocenters. The first-order valence-corrected chi connectivity index (χ1v) is 12.9. The third-order valence-corrected chi connectivity index (χ3v) is 8.72. The summed E-state index contributed by atoms with van der Waals surface area (Å²) in [5.74, 6) is 0.115. The van der Waals surface area contributed by atoms with Gasteiger partial charge in [0.05, 0.1) is 22.4 Å². The van der Waals surface area contributed by atoms with Crippen LogP contribution in [0.1, 0.15) is 21.5 Å². The maximum atomic E-state index is 13.1. The molecule has 4 aliphatic heterocycles. The Hall–Kier alpha value is -2.85. The van der Waals surface area contributed by atoms with Crippen LogP contribution in [0.2, 0.25) is 0 Å². The van der Waals surface area contributed by atoms with Gasteiger partial charge in [0.15, 0.2) is 0 Å². The molecule has 0 aromatic heterocycles. The fourth-order valence-corrected chi connectivity index (χ4v) is 6.38. The Balaban J connectivity index is 1.03. The number of rotatable bonds is 4. The number of alkyl halides is 3. The molecule has 2 aromatic carbocycles. The predicted molar refractivity (Wildman–Crippen MR) is 132 cm³/mol. The molecule has 4 heterocycles. The molecule has 2 aromatic rings. The summed E-state index contributed by atoms with van der Waals surface area (Å²) < 4.78 is 38.5. The Morgan fingerprint density at radius 3 is 2.31 bits per heavy atom. The van der Waals surface area contributed by atoms with Crippen LogP contribution in [0.15, 0.2) is 47.5 Å². The summed E-state index contributed by atoms with van der Waals surface area (Å²) in [6, 6.07) is 10.8. The highest BCUT2D eigenvalue weighted by atomic mass is 32.2. The summed E-state index contributed by atoms with van der Waals surface area (Å²) >= 11 is 1.65. The minimum absolute atomic E-state index is 0.0303. The van der Waals surface area contributed by atoms with Gasteiger partial charge in [0, 0.05) is 44.3 Å². The van der Waals surface area contributed by atoms with Crippen LogP contribution in [-0.4, -0.2) is 88.2 Å². The summed E-state index contributed by atoms with van der Waals surface area (Å²) in [5, 5.41) is 0.261. The number of halogens is 3. The Bertz CT molecular complexity index is 1240. The van der Waals surface area contributed by atoms with Gasteiger partial charge in [-0.05, 0) is 41.8 Å². The number of hydrogen-bond acceptors (Lipinski definition) is 5. The summed E-state index contributed by atoms with van der Waals surface area (Å²) in [6.07, 6.45) is -4.37. The molecule has 188 valence electrons. The lowest BCUT2D eigenvalue weighted by molar-refractivity contribution is -0.137. The van der Waals surface area contributed by atoms with E-state index in [2.05, 4.69) is 9.89 Å². The number of aryl methyl sites for hydroxylation is 1. The molecule has 2 atom stereocenters. The summed E-state index contributed by atoms with van der Waals surface area (Å²) in [6.45, 7) is 5.61. The van der Waals surface area contributed by atoms with Crippen molar-refractivity contribution in [3.63, 3.8) is 0 Å². The molecule has 0 aliphatic carbocycles. The lowest BCUT2D eigenvalue weighted by Gasteiger charge is -2.53. The molecule has 4 aliphatic rings. The molecule has 2 amide bonds. The molecular weight excluding hydrogens is 489 g/mol. The quantitative estimate of drug-likeness (QED) is 0.627. The average molecular weight is 515 g/mol. The number of hydrogen-bond donors (Lipinski definition) is 0. The third kappa shape index (κ3) is 4.00. The second-order valence-corrected chi connectivity index (χ2v) is 11.0. The molecule has 0 N–H and O–H groups in total. The van der Waals surface area contributed by atoms with E-state index in [1.54, 1.807) is 29.4 Å². The van der Waals surface area contributed by atoms with Crippen molar-refractivity contribution in [2.45, 2.75) is 36.5 Å². The van der Waals surface area contributed by atoms with E-state index in [1.807, 2.05) is 22.8 Å². The Morgan fingerprint density at radius 1 is 0.972 bits per heavy atom. The lowest BCUT2D eigenvalue weighted by atomic mass is 9.95. The molecule has 0 radical (unpaired) electrons. The normalized spacial score (nSPS) is 24.7. The van der Waals surface area contributed by atoms with Crippen molar-refractivity contribution in [2.24, 2.45) is 4.99 Å². The number of amides is 2. The lowest BCUT2D eigenvalue weighted by Crippen LogP contribution is -2.70. The minimum atomic E-state index is -4.37. The molecule has 0 saturated carbocycles. The van der Waals surface area contributed by atoms with Crippen molar-refractivity contribution in [1.29, 1.82) is 0 Å². The van der Waals surface area contributed by atoms with Gasteiger partial charge >= 0.3 is 6.18 Å². The smallest absolute Gasteiger partial charge is 0.335 e. The van der Waals surface area contributed by atoms with Crippen LogP contribution < -0.4 is 0 Å². The van der Waals surface area contributed by atoms with Crippen molar-refractivity contribution in [1.82, 2.24) is 14.7 Å². The number of carbonyl (C=O) groups excluding carboxylic acids is 2. The maximum absolute atomic E-state index is 13.1. The molecule has 0 bridgehead atoms. The average Bonchev–Trinajstić information content (AvgIpc) is 3.36. The van der Waals surface area contributed by atoms with Crippen LogP contribution >= 0.6 is 11.8 Å². The second kappa shape index (κ2) is 8.62. The number of likely N-dealkylation sites (tertiary alicyclic amines) is 3. The second-order valence-electron chi connectivity index (χ2n) is 9.94. The topological polar surface area (TPSA) is 56.2 Å². The van der Waals surface area contributed by atoms with Gasteiger partial charge in [0.1, 0.15) is 6.04 Å². The summed E-state index contributed by atoms with van der Waals surface area (Å²) in [5.41, 5.74) is 3.96. The molecule has 6 nitrogen and oxygen atoms in total. The van der Waals surface area contributed by atoms with Crippen molar-refractivity contribution in [3.05, 3.63) is 59.2 Å². The van der Waals surface area contributed by atoms with Crippen LogP contribution in [0.5, 0.6) is 0 Å². The van der Waals surface area contributed by atoms with E-state index in [0.717, 1.165) is 42.9 Å². The standard InChI is InChI=1S/C26H25F3N4O2S/c1-15-8-17(16-2-5-18(6-3-16)26(27,28)29)4-7-21(15)24(34)32-9-19(10-32)31-11-20(12-31)33-13-22-23(25(33)35)30-14-36-22/h2-8,14,19-20,22-23H,9-13H2,1H3. The van der Waals surface area contributed by atoms with Gasteiger partial charge in [0.2, 0.25) is 5.91 Å². The van der Waals surface area contributed by atoms with Crippen molar-refractivity contribution in [2.75, 3.05) is 32.7 Å². The number of fused-ring (bicyclic) bond motifs is 1. The zero-order valence-corrected chi connectivity index (χ0v) is 20.4. The first-order valence-electron chi connectivity index (χ1n) is 12.0. The molecule has 10 heteroatoms. The highest BCUT2D eigenvalue weighted by Gasteiger charge is 2.50. The van der Waals surface area contributed by atoms with Gasteiger partial charge < -0.3 is 9.80 Å². The van der Waals surface area contributed by atoms with Crippen molar-refractivity contribution in [3.8, 4) is 11.1 Å². The molecule has 0 spiro atoms. The third-order valence-electron chi connectivity index (χ3n) is 7.72. The van der Waals surface area contributed by atoms with Gasteiger partial charge in [-0.3, -0.25) is 19.5 Å². The summed E-state index contributed by atoms with van der Waals surface area (Å²) in [7, 11) is 0. The first-order chi connectivity index (χ1) is 17.2. The fourth-order valence-electron chi connectivity index (χ4n) is 5.44. The summed E-state index contributed by atoms with van der Waals surface area (Å²) in [4.78, 5) is 36.1. The van der Waals surface area contributed by atoms with E-state index in [0.29, 0.717) is 30.3 Å². The van der Waals surface area contributed by atoms with Gasteiger partial charge in [-0.1, -0.05) is 24.3 Å². The Morgan fingerprint density at radius 2 is 1.67 bits per heavy atom. The zero-order chi connectivity index (χ0) is 25.2. The van der Waals surface area contributed by atoms with Gasteiger partial charge in [-0.2, -0.15) is 13.2 Å². The zero-order valence-electron chi connectivity index (χ0n) is 19.6. The SMILES string of the molecule is Cc1cc(-c2ccc(C(F)(F)F)cc2)ccc1C(=O)N1CC(N2CC(N3CC4SC=NC4C3=O)C2)C1. The van der Waals surface area contributed by atoms with Crippen LogP contribution in [0.25, 0.3) is 11.1 Å². The van der Waals surface area contributed by atoms with Crippen LogP contribution in [0.4, 0.5) is 13.2 Å². The number of benzene rings is 2. The fraction of sp³-hybridized carbons (Fsp3) is 0.423. The number of carbonyl (C=O) groups is 2. The van der Waals surface area contributed by atoms with E-state index in [-0.39, 0.29) is 29.1 Å². The van der Waals surface area contributed by atoms with Crippen molar-refractivity contribution >= 4 is 29.1 Å². The maximum Gasteiger partial charge on any atom is 0.416 e. The highest BCUT2D eigenvalue weighted by Crippen LogP contribution is 2.35. The van der Waals surface area contributed by atoms with E-state index >= 15 is 0 Å². The van der Waals surface area contributed by atoms with E-state index in [9.17, 15) is 22.8 Å². The van der Waals surface area contributed by atoms with E-state index in [4.69, 9.17) is 0 Å². The predicted octanol–water partition coefficient (Wildman–Crippen LogP) is 3.54. The van der Waals surface area contributed by atoms with Gasteiger partial charge in [-0.25, -0.2) is 0 Å². The molecule has 6 rings (SSSR count). The van der Waals surface area contributed by atoms with Crippen LogP contribution in [0.3, 0.4) is 0 Å². The minimum Gasteiger partial charge on any atom is -0.335 e. The van der Waals surface area contributed by atoms with E-state index in [1.165, 1.54) is 12.1 Å². The van der Waals surface area contributed by atoms with Gasteiger partial charge in [-0.15, -0.1) is 11.8 Å². The number of nitrogens with zero attached hydrogens (tertiary/aromatic N) is 4. The number of thioether (sulfide) groups is 1. The monoisotopic (exact) mass is 514 g/mol. The number of aliphatic imine (C=N–C) groups is 1. The van der Waals surface area contributed by atoms with Crippen molar-refractivity contribution < 1.29 is 22.8 Å². The molecular formula is C26H25F3N4O2S. The Labute approximate surface area is 211 Å². The molecule has 36 heavy (non-hydrogen) atoms. The first kappa shape index (κ1) is 23.5.